The van der Waals surface area contributed by atoms with Crippen molar-refractivity contribution in [3.8, 4) is 0 Å². The smallest absolute Gasteiger partial charge is 0.227 e. The van der Waals surface area contributed by atoms with Crippen molar-refractivity contribution in [1.82, 2.24) is 10.6 Å². The minimum atomic E-state index is 0. The molecule has 29 heavy (non-hydrogen) atoms. The molecule has 0 aromatic heterocycles. The number of carbonyl (C=O) groups is 1. The molecule has 3 fully saturated rings. The van der Waals surface area contributed by atoms with Crippen molar-refractivity contribution in [3.63, 3.8) is 0 Å². The summed E-state index contributed by atoms with van der Waals surface area (Å²) in [5, 5.41) is 7.03. The van der Waals surface area contributed by atoms with E-state index in [1.807, 2.05) is 17.0 Å². The molecule has 7 heteroatoms. The van der Waals surface area contributed by atoms with Gasteiger partial charge in [0, 0.05) is 49.2 Å². The number of ether oxygens (including phenoxy) is 1. The van der Waals surface area contributed by atoms with Crippen LogP contribution in [-0.4, -0.2) is 43.7 Å². The highest BCUT2D eigenvalue weighted by Gasteiger charge is 2.59. The van der Waals surface area contributed by atoms with Crippen molar-refractivity contribution >= 4 is 41.5 Å². The number of anilines is 1. The topological polar surface area (TPSA) is 66.0 Å². The first-order valence-corrected chi connectivity index (χ1v) is 10.6. The average Bonchev–Trinajstić information content (AvgIpc) is 3.32. The number of aliphatic imine (C=N–C) groups is 1. The van der Waals surface area contributed by atoms with Crippen LogP contribution in [0, 0.1) is 11.3 Å². The summed E-state index contributed by atoms with van der Waals surface area (Å²) in [6.45, 7) is 9.79. The number of carbonyl (C=O) groups excluding carboxylic acids is 1. The number of benzene rings is 1. The van der Waals surface area contributed by atoms with Crippen molar-refractivity contribution in [3.05, 3.63) is 29.8 Å². The lowest BCUT2D eigenvalue weighted by molar-refractivity contribution is -0.117. The summed E-state index contributed by atoms with van der Waals surface area (Å²) >= 11 is 0. The molecular formula is C22H33IN4O2. The van der Waals surface area contributed by atoms with Crippen LogP contribution in [0.5, 0.6) is 0 Å². The maximum Gasteiger partial charge on any atom is 0.227 e. The first-order chi connectivity index (χ1) is 13.5. The Balaban J connectivity index is 0.00000240. The molecule has 3 unspecified atom stereocenters. The van der Waals surface area contributed by atoms with Crippen molar-refractivity contribution in [2.45, 2.75) is 58.7 Å². The molecule has 6 nitrogen and oxygen atoms in total. The van der Waals surface area contributed by atoms with Crippen molar-refractivity contribution in [2.24, 2.45) is 16.3 Å². The zero-order valence-electron chi connectivity index (χ0n) is 17.6. The zero-order chi connectivity index (χ0) is 19.7. The molecule has 160 valence electrons. The molecule has 1 amide bonds. The van der Waals surface area contributed by atoms with E-state index in [0.29, 0.717) is 31.0 Å². The van der Waals surface area contributed by atoms with Gasteiger partial charge in [0.15, 0.2) is 5.96 Å². The highest BCUT2D eigenvalue weighted by atomic mass is 127. The molecule has 0 bridgehead atoms. The van der Waals surface area contributed by atoms with Crippen LogP contribution in [-0.2, 0) is 16.1 Å². The minimum Gasteiger partial charge on any atom is -0.377 e. The molecule has 1 aromatic rings. The summed E-state index contributed by atoms with van der Waals surface area (Å²) in [4.78, 5) is 18.6. The molecule has 1 aliphatic carbocycles. The lowest BCUT2D eigenvalue weighted by Gasteiger charge is -2.54. The second-order valence-corrected chi connectivity index (χ2v) is 8.70. The number of fused-ring (bicyclic) bond motifs is 1. The molecule has 2 saturated heterocycles. The predicted molar refractivity (Wildman–Crippen MR) is 127 cm³/mol. The molecule has 4 rings (SSSR count). The van der Waals surface area contributed by atoms with Gasteiger partial charge >= 0.3 is 0 Å². The molecule has 0 spiro atoms. The number of nitrogens with zero attached hydrogens (tertiary/aromatic N) is 2. The Morgan fingerprint density at radius 1 is 1.31 bits per heavy atom. The Bertz CT molecular complexity index is 750. The first-order valence-electron chi connectivity index (χ1n) is 10.6. The van der Waals surface area contributed by atoms with Gasteiger partial charge in [0.2, 0.25) is 5.91 Å². The Kier molecular flexibility index (Phi) is 7.09. The number of rotatable bonds is 5. The largest absolute Gasteiger partial charge is 0.377 e. The van der Waals surface area contributed by atoms with Gasteiger partial charge in [-0.25, -0.2) is 4.99 Å². The quantitative estimate of drug-likeness (QED) is 0.361. The van der Waals surface area contributed by atoms with Crippen LogP contribution in [0.3, 0.4) is 0 Å². The number of hydrogen-bond donors (Lipinski definition) is 2. The van der Waals surface area contributed by atoms with Gasteiger partial charge in [0.05, 0.1) is 12.6 Å². The van der Waals surface area contributed by atoms with Gasteiger partial charge in [-0.05, 0) is 37.5 Å². The Morgan fingerprint density at radius 2 is 2.07 bits per heavy atom. The van der Waals surface area contributed by atoms with Crippen LogP contribution < -0.4 is 15.5 Å². The van der Waals surface area contributed by atoms with Gasteiger partial charge in [-0.2, -0.15) is 0 Å². The molecule has 0 radical (unpaired) electrons. The summed E-state index contributed by atoms with van der Waals surface area (Å²) in [6.07, 6.45) is 3.11. The zero-order valence-corrected chi connectivity index (χ0v) is 19.9. The van der Waals surface area contributed by atoms with E-state index in [1.165, 1.54) is 0 Å². The summed E-state index contributed by atoms with van der Waals surface area (Å²) in [5.74, 6) is 1.67. The average molecular weight is 512 g/mol. The van der Waals surface area contributed by atoms with E-state index in [4.69, 9.17) is 9.73 Å². The van der Waals surface area contributed by atoms with E-state index in [0.717, 1.165) is 49.7 Å². The Labute approximate surface area is 190 Å². The molecule has 1 aromatic carbocycles. The Hall–Kier alpha value is -1.35. The first kappa shape index (κ1) is 22.3. The number of halogens is 1. The van der Waals surface area contributed by atoms with Crippen LogP contribution in [0.2, 0.25) is 0 Å². The fourth-order valence-electron chi connectivity index (χ4n) is 4.96. The standard InChI is InChI=1S/C22H32N4O2.HI/c1-4-23-21(25-19-17-11-13-28-20(17)22(19,2)3)24-14-15-7-9-16(10-8-15)26-12-5-6-18(26)27;/h7-10,17,19-20H,4-6,11-14H2,1-3H3,(H2,23,24,25);1H. The number of nitrogens with one attached hydrogen (secondary N) is 2. The van der Waals surface area contributed by atoms with Crippen LogP contribution in [0.25, 0.3) is 0 Å². The highest BCUT2D eigenvalue weighted by molar-refractivity contribution is 14.0. The van der Waals surface area contributed by atoms with E-state index in [1.54, 1.807) is 0 Å². The number of hydrogen-bond acceptors (Lipinski definition) is 3. The maximum absolute atomic E-state index is 11.9. The maximum atomic E-state index is 11.9. The molecule has 2 N–H and O–H groups in total. The normalized spacial score (nSPS) is 27.8. The van der Waals surface area contributed by atoms with Crippen LogP contribution in [0.15, 0.2) is 29.3 Å². The summed E-state index contributed by atoms with van der Waals surface area (Å²) in [7, 11) is 0. The van der Waals surface area contributed by atoms with Gasteiger partial charge in [-0.15, -0.1) is 24.0 Å². The van der Waals surface area contributed by atoms with Crippen LogP contribution in [0.1, 0.15) is 45.6 Å². The number of guanidine groups is 1. The third-order valence-corrected chi connectivity index (χ3v) is 6.48. The van der Waals surface area contributed by atoms with Gasteiger partial charge in [0.25, 0.3) is 0 Å². The minimum absolute atomic E-state index is 0. The van der Waals surface area contributed by atoms with E-state index < -0.39 is 0 Å². The molecule has 3 atom stereocenters. The van der Waals surface area contributed by atoms with Gasteiger partial charge < -0.3 is 20.3 Å². The van der Waals surface area contributed by atoms with Crippen LogP contribution in [0.4, 0.5) is 5.69 Å². The molecule has 3 aliphatic rings. The third-order valence-electron chi connectivity index (χ3n) is 6.48. The predicted octanol–water partition coefficient (Wildman–Crippen LogP) is 3.30. The molecule has 2 heterocycles. The van der Waals surface area contributed by atoms with Crippen molar-refractivity contribution in [2.75, 3.05) is 24.6 Å². The van der Waals surface area contributed by atoms with E-state index in [9.17, 15) is 4.79 Å². The van der Waals surface area contributed by atoms with Crippen molar-refractivity contribution in [1.29, 1.82) is 0 Å². The summed E-state index contributed by atoms with van der Waals surface area (Å²) < 4.78 is 5.90. The lowest BCUT2D eigenvalue weighted by Crippen LogP contribution is -2.67. The fraction of sp³-hybridized carbons (Fsp3) is 0.636. The second kappa shape index (κ2) is 9.20. The summed E-state index contributed by atoms with van der Waals surface area (Å²) in [5.41, 5.74) is 2.26. The second-order valence-electron chi connectivity index (χ2n) is 8.70. The monoisotopic (exact) mass is 512 g/mol. The fourth-order valence-corrected chi connectivity index (χ4v) is 4.96. The molecule has 2 aliphatic heterocycles. The van der Waals surface area contributed by atoms with E-state index >= 15 is 0 Å². The highest BCUT2D eigenvalue weighted by Crippen LogP contribution is 2.52. The SMILES string of the molecule is CCNC(=NCc1ccc(N2CCCC2=O)cc1)NC1C2CCOC2C1(C)C.I. The summed E-state index contributed by atoms with van der Waals surface area (Å²) in [6, 6.07) is 8.60. The van der Waals surface area contributed by atoms with E-state index in [-0.39, 0.29) is 35.3 Å². The van der Waals surface area contributed by atoms with E-state index in [2.05, 4.69) is 43.5 Å². The third kappa shape index (κ3) is 4.40. The van der Waals surface area contributed by atoms with Gasteiger partial charge in [-0.1, -0.05) is 26.0 Å². The molecule has 1 saturated carbocycles. The Morgan fingerprint density at radius 3 is 2.72 bits per heavy atom. The van der Waals surface area contributed by atoms with Crippen molar-refractivity contribution < 1.29 is 9.53 Å². The lowest BCUT2D eigenvalue weighted by atomic mass is 9.57. The molecular weight excluding hydrogens is 479 g/mol. The van der Waals surface area contributed by atoms with Gasteiger partial charge in [0.1, 0.15) is 0 Å². The van der Waals surface area contributed by atoms with Crippen LogP contribution >= 0.6 is 24.0 Å². The number of amides is 1. The van der Waals surface area contributed by atoms with Gasteiger partial charge in [-0.3, -0.25) is 4.79 Å².